The lowest BCUT2D eigenvalue weighted by Crippen LogP contribution is -2.08. The van der Waals surface area contributed by atoms with Crippen LogP contribution in [0, 0.1) is 0 Å². The fourth-order valence-electron chi connectivity index (χ4n) is 1.15. The third kappa shape index (κ3) is 3.10. The molecule has 0 spiro atoms. The van der Waals surface area contributed by atoms with Crippen molar-refractivity contribution in [3.05, 3.63) is 23.0 Å². The van der Waals surface area contributed by atoms with Gasteiger partial charge in [-0.1, -0.05) is 24.9 Å². The Kier molecular flexibility index (Phi) is 5.05. The highest BCUT2D eigenvalue weighted by Crippen LogP contribution is 2.25. The largest absolute Gasteiger partial charge is 0.491 e. The number of hydrogen-bond donors (Lipinski definition) is 0. The van der Waals surface area contributed by atoms with E-state index >= 15 is 0 Å². The van der Waals surface area contributed by atoms with Crippen LogP contribution < -0.4 is 4.74 Å². The van der Waals surface area contributed by atoms with E-state index in [1.165, 1.54) is 19.5 Å². The van der Waals surface area contributed by atoms with Crippen LogP contribution in [0.25, 0.3) is 0 Å². The Hall–Kier alpha value is -1.29. The van der Waals surface area contributed by atoms with Gasteiger partial charge in [-0.3, -0.25) is 4.98 Å². The molecule has 0 N–H and O–H groups in total. The zero-order valence-corrected chi connectivity index (χ0v) is 10.1. The number of carbonyl (C=O) groups excluding carboxylic acids is 1. The second kappa shape index (κ2) is 6.33. The highest BCUT2D eigenvalue weighted by atomic mass is 35.5. The van der Waals surface area contributed by atoms with E-state index in [-0.39, 0.29) is 10.6 Å². The van der Waals surface area contributed by atoms with Crippen LogP contribution in [-0.2, 0) is 4.74 Å². The molecule has 0 bridgehead atoms. The molecule has 0 saturated heterocycles. The highest BCUT2D eigenvalue weighted by molar-refractivity contribution is 6.33. The maximum atomic E-state index is 11.5. The molecule has 0 amide bonds. The molecule has 1 heterocycles. The average Bonchev–Trinajstić information content (AvgIpc) is 2.29. The summed E-state index contributed by atoms with van der Waals surface area (Å²) in [6.45, 7) is 2.59. The lowest BCUT2D eigenvalue weighted by Gasteiger charge is -2.10. The normalized spacial score (nSPS) is 9.94. The Morgan fingerprint density at radius 2 is 2.25 bits per heavy atom. The van der Waals surface area contributed by atoms with Crippen molar-refractivity contribution in [3.63, 3.8) is 0 Å². The van der Waals surface area contributed by atoms with Gasteiger partial charge in [-0.15, -0.1) is 0 Å². The first-order chi connectivity index (χ1) is 7.70. The van der Waals surface area contributed by atoms with E-state index in [0.717, 1.165) is 12.8 Å². The van der Waals surface area contributed by atoms with Crippen molar-refractivity contribution in [1.82, 2.24) is 4.98 Å². The zero-order chi connectivity index (χ0) is 12.0. The highest BCUT2D eigenvalue weighted by Gasteiger charge is 2.17. The number of pyridine rings is 1. The number of nitrogens with zero attached hydrogens (tertiary/aromatic N) is 1. The fraction of sp³-hybridized carbons (Fsp3) is 0.455. The Morgan fingerprint density at radius 1 is 1.50 bits per heavy atom. The zero-order valence-electron chi connectivity index (χ0n) is 9.33. The predicted molar refractivity (Wildman–Crippen MR) is 61.0 cm³/mol. The summed E-state index contributed by atoms with van der Waals surface area (Å²) >= 11 is 5.87. The lowest BCUT2D eigenvalue weighted by atomic mass is 10.2. The van der Waals surface area contributed by atoms with Crippen molar-refractivity contribution < 1.29 is 14.3 Å². The first-order valence-electron chi connectivity index (χ1n) is 5.05. The Labute approximate surface area is 99.5 Å². The Bertz CT molecular complexity index is 368. The summed E-state index contributed by atoms with van der Waals surface area (Å²) in [7, 11) is 1.30. The quantitative estimate of drug-likeness (QED) is 0.589. The van der Waals surface area contributed by atoms with E-state index in [1.54, 1.807) is 0 Å². The topological polar surface area (TPSA) is 48.4 Å². The van der Waals surface area contributed by atoms with Crippen LogP contribution in [0.15, 0.2) is 12.4 Å². The molecule has 0 fully saturated rings. The summed E-state index contributed by atoms with van der Waals surface area (Å²) in [6, 6.07) is 0. The van der Waals surface area contributed by atoms with E-state index in [0.29, 0.717) is 12.4 Å². The van der Waals surface area contributed by atoms with Crippen LogP contribution in [0.3, 0.4) is 0 Å². The van der Waals surface area contributed by atoms with Crippen LogP contribution in [0.5, 0.6) is 5.75 Å². The number of carbonyl (C=O) groups is 1. The summed E-state index contributed by atoms with van der Waals surface area (Å²) in [4.78, 5) is 15.3. The molecule has 0 atom stereocenters. The number of methoxy groups -OCH3 is 1. The van der Waals surface area contributed by atoms with Crippen molar-refractivity contribution in [2.45, 2.75) is 19.8 Å². The number of rotatable bonds is 5. The minimum atomic E-state index is -0.515. The summed E-state index contributed by atoms with van der Waals surface area (Å²) < 4.78 is 10.1. The molecule has 16 heavy (non-hydrogen) atoms. The van der Waals surface area contributed by atoms with Crippen molar-refractivity contribution >= 4 is 17.6 Å². The molecule has 0 unspecified atom stereocenters. The second-order valence-electron chi connectivity index (χ2n) is 3.19. The van der Waals surface area contributed by atoms with Gasteiger partial charge in [0.15, 0.2) is 5.75 Å². The molecule has 88 valence electrons. The Morgan fingerprint density at radius 3 is 2.88 bits per heavy atom. The molecule has 1 aromatic heterocycles. The van der Waals surface area contributed by atoms with Gasteiger partial charge < -0.3 is 9.47 Å². The molecule has 0 aliphatic rings. The third-order valence-corrected chi connectivity index (χ3v) is 2.30. The van der Waals surface area contributed by atoms with Gasteiger partial charge in [0.2, 0.25) is 0 Å². The Balaban J connectivity index is 2.89. The second-order valence-corrected chi connectivity index (χ2v) is 3.60. The van der Waals surface area contributed by atoms with Gasteiger partial charge in [-0.2, -0.15) is 0 Å². The SMILES string of the molecule is CCCCOc1cncc(Cl)c1C(=O)OC. The molecular weight excluding hydrogens is 230 g/mol. The number of aromatic nitrogens is 1. The molecule has 5 heteroatoms. The summed E-state index contributed by atoms with van der Waals surface area (Å²) in [5.41, 5.74) is 0.232. The van der Waals surface area contributed by atoms with Crippen LogP contribution in [0.2, 0.25) is 5.02 Å². The van der Waals surface area contributed by atoms with E-state index in [9.17, 15) is 4.79 Å². The molecule has 1 aromatic rings. The van der Waals surface area contributed by atoms with Crippen LogP contribution in [0.1, 0.15) is 30.1 Å². The summed E-state index contributed by atoms with van der Waals surface area (Å²) in [5, 5.41) is 0.237. The molecule has 0 saturated carbocycles. The van der Waals surface area contributed by atoms with Gasteiger partial charge >= 0.3 is 5.97 Å². The van der Waals surface area contributed by atoms with Gasteiger partial charge in [0.25, 0.3) is 0 Å². The maximum Gasteiger partial charge on any atom is 0.343 e. The average molecular weight is 244 g/mol. The van der Waals surface area contributed by atoms with Gasteiger partial charge in [0, 0.05) is 6.20 Å². The number of halogens is 1. The molecule has 0 aliphatic heterocycles. The summed E-state index contributed by atoms with van der Waals surface area (Å²) in [5.74, 6) is -0.147. The van der Waals surface area contributed by atoms with Gasteiger partial charge in [0.1, 0.15) is 5.56 Å². The van der Waals surface area contributed by atoms with Crippen molar-refractivity contribution in [3.8, 4) is 5.75 Å². The number of esters is 1. The minimum Gasteiger partial charge on any atom is -0.491 e. The van der Waals surface area contributed by atoms with Crippen molar-refractivity contribution in [1.29, 1.82) is 0 Å². The molecule has 0 aliphatic carbocycles. The third-order valence-electron chi connectivity index (χ3n) is 2.01. The number of unbranched alkanes of at least 4 members (excludes halogenated alkanes) is 1. The molecular formula is C11H14ClNO3. The van der Waals surface area contributed by atoms with Crippen LogP contribution in [-0.4, -0.2) is 24.7 Å². The first-order valence-corrected chi connectivity index (χ1v) is 5.43. The number of hydrogen-bond acceptors (Lipinski definition) is 4. The van der Waals surface area contributed by atoms with Crippen LogP contribution in [0.4, 0.5) is 0 Å². The maximum absolute atomic E-state index is 11.5. The van der Waals surface area contributed by atoms with E-state index < -0.39 is 5.97 Å². The summed E-state index contributed by atoms with van der Waals surface area (Å²) in [6.07, 6.45) is 4.78. The predicted octanol–water partition coefficient (Wildman–Crippen LogP) is 2.70. The first kappa shape index (κ1) is 12.8. The monoisotopic (exact) mass is 243 g/mol. The molecule has 1 rings (SSSR count). The van der Waals surface area contributed by atoms with Crippen LogP contribution >= 0.6 is 11.6 Å². The van der Waals surface area contributed by atoms with Gasteiger partial charge in [-0.25, -0.2) is 4.79 Å². The number of ether oxygens (including phenoxy) is 2. The van der Waals surface area contributed by atoms with Crippen molar-refractivity contribution in [2.24, 2.45) is 0 Å². The smallest absolute Gasteiger partial charge is 0.343 e. The van der Waals surface area contributed by atoms with Crippen molar-refractivity contribution in [2.75, 3.05) is 13.7 Å². The molecule has 0 aromatic carbocycles. The minimum absolute atomic E-state index is 0.232. The molecule has 0 radical (unpaired) electrons. The van der Waals surface area contributed by atoms with E-state index in [4.69, 9.17) is 16.3 Å². The van der Waals surface area contributed by atoms with E-state index in [2.05, 4.69) is 16.6 Å². The van der Waals surface area contributed by atoms with Gasteiger partial charge in [0.05, 0.1) is 24.9 Å². The molecule has 4 nitrogen and oxygen atoms in total. The van der Waals surface area contributed by atoms with Gasteiger partial charge in [-0.05, 0) is 6.42 Å². The standard InChI is InChI=1S/C11H14ClNO3/c1-3-4-5-16-9-7-13-6-8(12)10(9)11(14)15-2/h6-7H,3-5H2,1-2H3. The lowest BCUT2D eigenvalue weighted by molar-refractivity contribution is 0.0596. The fourth-order valence-corrected chi connectivity index (χ4v) is 1.38. The van der Waals surface area contributed by atoms with E-state index in [1.807, 2.05) is 0 Å².